The van der Waals surface area contributed by atoms with E-state index in [-0.39, 0.29) is 31.0 Å². The Kier molecular flexibility index (Phi) is 5.07. The minimum absolute atomic E-state index is 0.112. The van der Waals surface area contributed by atoms with Crippen molar-refractivity contribution in [2.45, 2.75) is 43.6 Å². The predicted octanol–water partition coefficient (Wildman–Crippen LogP) is 1.65. The van der Waals surface area contributed by atoms with Crippen molar-refractivity contribution in [1.82, 2.24) is 9.80 Å². The van der Waals surface area contributed by atoms with Gasteiger partial charge in [0.25, 0.3) is 5.91 Å². The number of piperazine rings is 1. The Morgan fingerprint density at radius 2 is 1.97 bits per heavy atom. The Balaban J connectivity index is 1.59. The fraction of sp³-hybridized carbons (Fsp3) is 0.450. The molecule has 1 aromatic rings. The average molecular weight is 450 g/mol. The molecular formula is C20H17F3N4O5. The summed E-state index contributed by atoms with van der Waals surface area (Å²) in [6.07, 6.45) is -4.70. The molecule has 3 aliphatic rings. The number of anilines is 1. The van der Waals surface area contributed by atoms with Crippen LogP contribution < -0.4 is 4.90 Å². The number of nitriles is 1. The third-order valence-electron chi connectivity index (χ3n) is 6.04. The number of halogens is 3. The zero-order valence-corrected chi connectivity index (χ0v) is 16.8. The van der Waals surface area contributed by atoms with Gasteiger partial charge in [-0.05, 0) is 24.6 Å². The number of methoxy groups -OCH3 is 1. The number of benzene rings is 1. The normalized spacial score (nSPS) is 24.1. The number of carbonyl (C=O) groups is 4. The summed E-state index contributed by atoms with van der Waals surface area (Å²) < 4.78 is 44.5. The zero-order valence-electron chi connectivity index (χ0n) is 16.8. The molecule has 0 N–H and O–H groups in total. The van der Waals surface area contributed by atoms with Crippen LogP contribution in [0.3, 0.4) is 0 Å². The monoisotopic (exact) mass is 450 g/mol. The summed E-state index contributed by atoms with van der Waals surface area (Å²) in [5, 5.41) is 8.95. The fourth-order valence-corrected chi connectivity index (χ4v) is 4.64. The average Bonchev–Trinajstić information content (AvgIpc) is 3.42. The number of amides is 4. The molecule has 9 nitrogen and oxygen atoms in total. The Morgan fingerprint density at radius 1 is 1.25 bits per heavy atom. The molecular weight excluding hydrogens is 433 g/mol. The molecule has 3 aliphatic heterocycles. The highest BCUT2D eigenvalue weighted by Crippen LogP contribution is 2.43. The van der Waals surface area contributed by atoms with Gasteiger partial charge in [-0.3, -0.25) is 14.4 Å². The minimum atomic E-state index is -4.84. The van der Waals surface area contributed by atoms with Gasteiger partial charge in [0.2, 0.25) is 5.91 Å². The Labute approximate surface area is 179 Å². The largest absolute Gasteiger partial charge is 0.469 e. The first-order valence-electron chi connectivity index (χ1n) is 9.72. The number of nitrogens with zero attached hydrogens (tertiary/aromatic N) is 4. The predicted molar refractivity (Wildman–Crippen MR) is 99.8 cm³/mol. The topological polar surface area (TPSA) is 111 Å². The SMILES string of the molecule is COC(=O)CCC(=O)N1C[C@H]2CC1C1C(=O)N(c3ccc(C#N)c(C(F)(F)F)c3)C(=O)N12. The van der Waals surface area contributed by atoms with Crippen LogP contribution >= 0.6 is 0 Å². The van der Waals surface area contributed by atoms with E-state index in [9.17, 15) is 32.3 Å². The Hall–Kier alpha value is -3.62. The van der Waals surface area contributed by atoms with Gasteiger partial charge in [0.15, 0.2) is 0 Å². The molecule has 0 aromatic heterocycles. The number of urea groups is 1. The lowest BCUT2D eigenvalue weighted by atomic mass is 10.1. The highest BCUT2D eigenvalue weighted by Gasteiger charge is 2.62. The summed E-state index contributed by atoms with van der Waals surface area (Å²) in [6.45, 7) is 0.176. The van der Waals surface area contributed by atoms with Crippen LogP contribution in [0.2, 0.25) is 0 Å². The van der Waals surface area contributed by atoms with Crippen molar-refractivity contribution >= 4 is 29.5 Å². The van der Waals surface area contributed by atoms with Crippen molar-refractivity contribution in [2.24, 2.45) is 0 Å². The molecule has 2 unspecified atom stereocenters. The number of likely N-dealkylation sites (tertiary alicyclic amines) is 1. The summed E-state index contributed by atoms with van der Waals surface area (Å²) in [5.41, 5.74) is -2.15. The molecule has 1 aromatic carbocycles. The first kappa shape index (κ1) is 21.6. The number of hydrogen-bond donors (Lipinski definition) is 0. The summed E-state index contributed by atoms with van der Waals surface area (Å²) >= 11 is 0. The van der Waals surface area contributed by atoms with E-state index in [0.29, 0.717) is 17.4 Å². The van der Waals surface area contributed by atoms with Crippen LogP contribution in [0.25, 0.3) is 0 Å². The highest BCUT2D eigenvalue weighted by atomic mass is 19.4. The smallest absolute Gasteiger partial charge is 0.417 e. The van der Waals surface area contributed by atoms with Crippen molar-refractivity contribution in [3.8, 4) is 6.07 Å². The van der Waals surface area contributed by atoms with Crippen molar-refractivity contribution in [1.29, 1.82) is 5.26 Å². The van der Waals surface area contributed by atoms with Crippen LogP contribution in [0.15, 0.2) is 18.2 Å². The number of fused-ring (bicyclic) bond motifs is 5. The number of hydrogen-bond acceptors (Lipinski definition) is 6. The van der Waals surface area contributed by atoms with E-state index in [4.69, 9.17) is 5.26 Å². The van der Waals surface area contributed by atoms with Crippen LogP contribution in [0.4, 0.5) is 23.7 Å². The number of ether oxygens (including phenoxy) is 1. The molecule has 3 heterocycles. The maximum absolute atomic E-state index is 13.3. The summed E-state index contributed by atoms with van der Waals surface area (Å²) in [5.74, 6) is -1.64. The third kappa shape index (κ3) is 3.24. The minimum Gasteiger partial charge on any atom is -0.469 e. The van der Waals surface area contributed by atoms with E-state index >= 15 is 0 Å². The van der Waals surface area contributed by atoms with Gasteiger partial charge in [-0.15, -0.1) is 0 Å². The molecule has 2 bridgehead atoms. The Morgan fingerprint density at radius 3 is 2.59 bits per heavy atom. The molecule has 0 spiro atoms. The molecule has 12 heteroatoms. The van der Waals surface area contributed by atoms with Crippen LogP contribution in [0, 0.1) is 11.3 Å². The molecule has 4 rings (SSSR count). The van der Waals surface area contributed by atoms with E-state index in [1.165, 1.54) is 23.0 Å². The molecule has 168 valence electrons. The molecule has 3 fully saturated rings. The second-order valence-electron chi connectivity index (χ2n) is 7.73. The fourth-order valence-electron chi connectivity index (χ4n) is 4.64. The molecule has 32 heavy (non-hydrogen) atoms. The molecule has 3 saturated heterocycles. The maximum Gasteiger partial charge on any atom is 0.417 e. The van der Waals surface area contributed by atoms with Crippen molar-refractivity contribution in [3.05, 3.63) is 29.3 Å². The van der Waals surface area contributed by atoms with Gasteiger partial charge in [-0.2, -0.15) is 18.4 Å². The first-order chi connectivity index (χ1) is 15.1. The first-order valence-corrected chi connectivity index (χ1v) is 9.72. The number of rotatable bonds is 4. The second-order valence-corrected chi connectivity index (χ2v) is 7.73. The quantitative estimate of drug-likeness (QED) is 0.510. The lowest BCUT2D eigenvalue weighted by molar-refractivity contribution is -0.144. The summed E-state index contributed by atoms with van der Waals surface area (Å²) in [6, 6.07) is 1.26. The van der Waals surface area contributed by atoms with Gasteiger partial charge in [0.1, 0.15) is 6.04 Å². The third-order valence-corrected chi connectivity index (χ3v) is 6.04. The van der Waals surface area contributed by atoms with E-state index in [2.05, 4.69) is 4.74 Å². The van der Waals surface area contributed by atoms with Gasteiger partial charge >= 0.3 is 18.2 Å². The molecule has 4 amide bonds. The van der Waals surface area contributed by atoms with Gasteiger partial charge < -0.3 is 14.5 Å². The highest BCUT2D eigenvalue weighted by molar-refractivity contribution is 6.22. The standard InChI is InChI=1S/C20H17F3N4O5/c1-32-16(29)5-4-15(28)25-9-12-7-14(25)17-18(30)27(19(31)26(12)17)11-3-2-10(8-24)13(6-11)20(21,22)23/h2-3,6,12,14,17H,4-5,7,9H2,1H3/t12-,14?,17?/m1/s1. The van der Waals surface area contributed by atoms with E-state index in [0.717, 1.165) is 12.1 Å². The summed E-state index contributed by atoms with van der Waals surface area (Å²) in [7, 11) is 1.20. The van der Waals surface area contributed by atoms with Crippen LogP contribution in [0.1, 0.15) is 30.4 Å². The lowest BCUT2D eigenvalue weighted by Gasteiger charge is -2.34. The summed E-state index contributed by atoms with van der Waals surface area (Å²) in [4.78, 5) is 53.3. The number of carbonyl (C=O) groups excluding carboxylic acids is 4. The van der Waals surface area contributed by atoms with Crippen LogP contribution in [-0.2, 0) is 25.3 Å². The van der Waals surface area contributed by atoms with Crippen molar-refractivity contribution in [3.63, 3.8) is 0 Å². The molecule has 0 radical (unpaired) electrons. The second kappa shape index (κ2) is 7.51. The van der Waals surface area contributed by atoms with Crippen molar-refractivity contribution in [2.75, 3.05) is 18.6 Å². The van der Waals surface area contributed by atoms with Gasteiger partial charge in [-0.1, -0.05) is 0 Å². The number of esters is 1. The molecule has 0 saturated carbocycles. The van der Waals surface area contributed by atoms with E-state index in [1.807, 2.05) is 0 Å². The van der Waals surface area contributed by atoms with Gasteiger partial charge in [-0.25, -0.2) is 9.69 Å². The lowest BCUT2D eigenvalue weighted by Crippen LogP contribution is -2.54. The van der Waals surface area contributed by atoms with Crippen LogP contribution in [0.5, 0.6) is 0 Å². The van der Waals surface area contributed by atoms with E-state index in [1.54, 1.807) is 0 Å². The van der Waals surface area contributed by atoms with Crippen molar-refractivity contribution < 1.29 is 37.1 Å². The molecule has 0 aliphatic carbocycles. The number of imide groups is 1. The van der Waals surface area contributed by atoms with Crippen LogP contribution in [-0.4, -0.2) is 65.4 Å². The maximum atomic E-state index is 13.3. The number of alkyl halides is 3. The molecule has 3 atom stereocenters. The van der Waals surface area contributed by atoms with Gasteiger partial charge in [0.05, 0.1) is 48.5 Å². The zero-order chi connectivity index (χ0) is 23.4. The van der Waals surface area contributed by atoms with Gasteiger partial charge in [0, 0.05) is 13.0 Å². The Bertz CT molecular complexity index is 1070. The van der Waals surface area contributed by atoms with E-state index < -0.39 is 53.3 Å².